The number of ether oxygens (including phenoxy) is 2. The highest BCUT2D eigenvalue weighted by Crippen LogP contribution is 2.38. The molecule has 2 heterocycles. The summed E-state index contributed by atoms with van der Waals surface area (Å²) in [7, 11) is 2.98. The second-order valence-electron chi connectivity index (χ2n) is 6.21. The van der Waals surface area contributed by atoms with E-state index >= 15 is 0 Å². The van der Waals surface area contributed by atoms with Gasteiger partial charge in [0.15, 0.2) is 0 Å². The normalized spacial score (nSPS) is 10.5. The first-order valence-electron chi connectivity index (χ1n) is 9.22. The molecule has 0 amide bonds. The van der Waals surface area contributed by atoms with Crippen molar-refractivity contribution >= 4 is 22.9 Å². The summed E-state index contributed by atoms with van der Waals surface area (Å²) in [4.78, 5) is 22.1. The number of rotatable bonds is 10. The zero-order chi connectivity index (χ0) is 20.7. The average molecular weight is 389 g/mol. The first-order chi connectivity index (χ1) is 13.4. The van der Waals surface area contributed by atoms with Gasteiger partial charge in [0.05, 0.1) is 19.1 Å². The Morgan fingerprint density at radius 2 is 1.96 bits per heavy atom. The third-order valence-electron chi connectivity index (χ3n) is 4.28. The summed E-state index contributed by atoms with van der Waals surface area (Å²) in [6, 6.07) is 5.09. The largest absolute Gasteiger partial charge is 0.481 e. The molecule has 0 aliphatic carbocycles. The standard InChI is InChI=1S/C19H27N5O4/c1-6-8-11-23(7-2)15-12-13(3)20-18(17(15)24(25)26)21-14-9-10-16(27-4)22-19(14)28-5/h9-10,12H,6-8,11H2,1-5H3,(H,20,21). The number of anilines is 3. The topological polar surface area (TPSA) is 103 Å². The maximum absolute atomic E-state index is 11.9. The zero-order valence-corrected chi connectivity index (χ0v) is 17.0. The van der Waals surface area contributed by atoms with Crippen molar-refractivity contribution in [1.29, 1.82) is 0 Å². The fourth-order valence-corrected chi connectivity index (χ4v) is 2.87. The molecule has 0 spiro atoms. The van der Waals surface area contributed by atoms with Crippen LogP contribution in [0, 0.1) is 17.0 Å². The average Bonchev–Trinajstić information content (AvgIpc) is 2.68. The summed E-state index contributed by atoms with van der Waals surface area (Å²) in [5.74, 6) is 0.795. The molecule has 0 atom stereocenters. The molecular weight excluding hydrogens is 362 g/mol. The molecule has 2 aromatic heterocycles. The molecule has 0 aromatic carbocycles. The van der Waals surface area contributed by atoms with E-state index in [-0.39, 0.29) is 17.4 Å². The highest BCUT2D eigenvalue weighted by Gasteiger charge is 2.26. The second-order valence-corrected chi connectivity index (χ2v) is 6.21. The van der Waals surface area contributed by atoms with Gasteiger partial charge in [-0.1, -0.05) is 13.3 Å². The third kappa shape index (κ3) is 4.79. The van der Waals surface area contributed by atoms with Crippen LogP contribution in [0.5, 0.6) is 11.8 Å². The molecule has 0 aliphatic rings. The van der Waals surface area contributed by atoms with Crippen LogP contribution in [0.1, 0.15) is 32.4 Å². The van der Waals surface area contributed by atoms with E-state index < -0.39 is 4.92 Å². The number of aryl methyl sites for hydroxylation is 1. The minimum atomic E-state index is -0.401. The van der Waals surface area contributed by atoms with Gasteiger partial charge in [-0.05, 0) is 32.4 Å². The molecule has 1 N–H and O–H groups in total. The molecule has 9 nitrogen and oxygen atoms in total. The summed E-state index contributed by atoms with van der Waals surface area (Å²) in [6.45, 7) is 7.30. The number of hydrogen-bond acceptors (Lipinski definition) is 8. The van der Waals surface area contributed by atoms with Crippen LogP contribution in [0.25, 0.3) is 0 Å². The summed E-state index contributed by atoms with van der Waals surface area (Å²) in [5.41, 5.74) is 1.63. The van der Waals surface area contributed by atoms with Crippen LogP contribution in [0.2, 0.25) is 0 Å². The summed E-state index contributed by atoms with van der Waals surface area (Å²) in [6.07, 6.45) is 1.96. The molecule has 0 saturated heterocycles. The predicted molar refractivity (Wildman–Crippen MR) is 109 cm³/mol. The maximum atomic E-state index is 11.9. The van der Waals surface area contributed by atoms with Gasteiger partial charge in [-0.3, -0.25) is 10.1 Å². The van der Waals surface area contributed by atoms with E-state index in [2.05, 4.69) is 22.2 Å². The Hall–Kier alpha value is -3.10. The number of nitro groups is 1. The molecule has 0 fully saturated rings. The molecule has 0 radical (unpaired) electrons. The van der Waals surface area contributed by atoms with E-state index in [9.17, 15) is 10.1 Å². The lowest BCUT2D eigenvalue weighted by Gasteiger charge is -2.24. The Labute approximate surface area is 164 Å². The van der Waals surface area contributed by atoms with Gasteiger partial charge in [-0.2, -0.15) is 4.98 Å². The van der Waals surface area contributed by atoms with Crippen molar-refractivity contribution in [3.05, 3.63) is 34.0 Å². The highest BCUT2D eigenvalue weighted by molar-refractivity contribution is 5.79. The quantitative estimate of drug-likeness (QED) is 0.479. The molecule has 2 aromatic rings. The van der Waals surface area contributed by atoms with Gasteiger partial charge in [0.1, 0.15) is 11.4 Å². The van der Waals surface area contributed by atoms with Crippen molar-refractivity contribution in [3.63, 3.8) is 0 Å². The van der Waals surface area contributed by atoms with E-state index in [1.54, 1.807) is 18.2 Å². The zero-order valence-electron chi connectivity index (χ0n) is 17.0. The number of nitrogens with zero attached hydrogens (tertiary/aromatic N) is 4. The fraction of sp³-hybridized carbons (Fsp3) is 0.474. The first-order valence-corrected chi connectivity index (χ1v) is 9.22. The molecule has 9 heteroatoms. The van der Waals surface area contributed by atoms with Crippen molar-refractivity contribution < 1.29 is 14.4 Å². The Balaban J connectivity index is 2.54. The van der Waals surface area contributed by atoms with Gasteiger partial charge in [-0.25, -0.2) is 4.98 Å². The van der Waals surface area contributed by atoms with Crippen molar-refractivity contribution in [2.45, 2.75) is 33.6 Å². The summed E-state index contributed by atoms with van der Waals surface area (Å²) >= 11 is 0. The maximum Gasteiger partial charge on any atom is 0.334 e. The lowest BCUT2D eigenvalue weighted by molar-refractivity contribution is -0.383. The summed E-state index contributed by atoms with van der Waals surface area (Å²) < 4.78 is 10.4. The van der Waals surface area contributed by atoms with E-state index in [1.165, 1.54) is 14.2 Å². The number of nitrogens with one attached hydrogen (secondary N) is 1. The summed E-state index contributed by atoms with van der Waals surface area (Å²) in [5, 5.41) is 14.9. The van der Waals surface area contributed by atoms with Crippen molar-refractivity contribution in [2.75, 3.05) is 37.5 Å². The molecule has 0 aliphatic heterocycles. The highest BCUT2D eigenvalue weighted by atomic mass is 16.6. The lowest BCUT2D eigenvalue weighted by Crippen LogP contribution is -2.25. The third-order valence-corrected chi connectivity index (χ3v) is 4.28. The Morgan fingerprint density at radius 3 is 2.54 bits per heavy atom. The van der Waals surface area contributed by atoms with E-state index in [1.807, 2.05) is 18.7 Å². The van der Waals surface area contributed by atoms with Crippen molar-refractivity contribution in [1.82, 2.24) is 9.97 Å². The molecule has 2 rings (SSSR count). The monoisotopic (exact) mass is 389 g/mol. The van der Waals surface area contributed by atoms with E-state index in [4.69, 9.17) is 9.47 Å². The number of hydrogen-bond donors (Lipinski definition) is 1. The Morgan fingerprint density at radius 1 is 1.21 bits per heavy atom. The van der Waals surface area contributed by atoms with Crippen LogP contribution >= 0.6 is 0 Å². The number of methoxy groups -OCH3 is 2. The molecule has 152 valence electrons. The minimum absolute atomic E-state index is 0.0681. The van der Waals surface area contributed by atoms with Crippen LogP contribution in [-0.2, 0) is 0 Å². The smallest absolute Gasteiger partial charge is 0.334 e. The van der Waals surface area contributed by atoms with Gasteiger partial charge in [0, 0.05) is 24.8 Å². The predicted octanol–water partition coefficient (Wildman–Crippen LogP) is 4.08. The Kier molecular flexibility index (Phi) is 7.36. The minimum Gasteiger partial charge on any atom is -0.481 e. The SMILES string of the molecule is CCCCN(CC)c1cc(C)nc(Nc2ccc(OC)nc2OC)c1[N+](=O)[O-]. The number of aromatic nitrogens is 2. The fourth-order valence-electron chi connectivity index (χ4n) is 2.87. The lowest BCUT2D eigenvalue weighted by atomic mass is 10.2. The van der Waals surface area contributed by atoms with Crippen molar-refractivity contribution in [2.24, 2.45) is 0 Å². The van der Waals surface area contributed by atoms with Crippen molar-refractivity contribution in [3.8, 4) is 11.8 Å². The van der Waals surface area contributed by atoms with E-state index in [0.717, 1.165) is 19.4 Å². The van der Waals surface area contributed by atoms with Gasteiger partial charge in [0.2, 0.25) is 17.6 Å². The van der Waals surface area contributed by atoms with Crippen LogP contribution in [0.3, 0.4) is 0 Å². The number of pyridine rings is 2. The van der Waals surface area contributed by atoms with Gasteiger partial charge >= 0.3 is 5.69 Å². The van der Waals surface area contributed by atoms with Gasteiger partial charge in [-0.15, -0.1) is 0 Å². The van der Waals surface area contributed by atoms with Gasteiger partial charge < -0.3 is 19.7 Å². The first kappa shape index (κ1) is 21.2. The molecule has 0 unspecified atom stereocenters. The molecule has 0 saturated carbocycles. The second kappa shape index (κ2) is 9.72. The van der Waals surface area contributed by atoms with E-state index in [0.29, 0.717) is 29.5 Å². The van der Waals surface area contributed by atoms with Crippen LogP contribution in [0.4, 0.5) is 22.9 Å². The molecular formula is C19H27N5O4. The Bertz CT molecular complexity index is 828. The number of unbranched alkanes of at least 4 members (excludes halogenated alkanes) is 1. The van der Waals surface area contributed by atoms with Crippen LogP contribution < -0.4 is 19.7 Å². The molecule has 0 bridgehead atoms. The van der Waals surface area contributed by atoms with Crippen LogP contribution in [0.15, 0.2) is 18.2 Å². The van der Waals surface area contributed by atoms with Crippen LogP contribution in [-0.4, -0.2) is 42.2 Å². The van der Waals surface area contributed by atoms with Gasteiger partial charge in [0.25, 0.3) is 0 Å². The molecule has 28 heavy (non-hydrogen) atoms.